The highest BCUT2D eigenvalue weighted by molar-refractivity contribution is 5.87. The predicted octanol–water partition coefficient (Wildman–Crippen LogP) is 0.500. The molecule has 1 amide bonds. The molecule has 1 fully saturated rings. The zero-order valence-corrected chi connectivity index (χ0v) is 12.4. The van der Waals surface area contributed by atoms with Crippen LogP contribution in [0.1, 0.15) is 24.2 Å². The van der Waals surface area contributed by atoms with Crippen molar-refractivity contribution in [1.82, 2.24) is 10.3 Å². The molecule has 0 aromatic carbocycles. The average Bonchev–Trinajstić information content (AvgIpc) is 2.80. The lowest BCUT2D eigenvalue weighted by molar-refractivity contribution is -0.124. The van der Waals surface area contributed by atoms with Crippen LogP contribution in [-0.4, -0.2) is 35.9 Å². The lowest BCUT2D eigenvalue weighted by atomic mass is 9.97. The van der Waals surface area contributed by atoms with E-state index in [0.717, 1.165) is 17.8 Å². The summed E-state index contributed by atoms with van der Waals surface area (Å²) in [5, 5.41) is 2.74. The largest absolute Gasteiger partial charge is 0.486 e. The topological polar surface area (TPSA) is 94.3 Å². The Morgan fingerprint density at radius 3 is 2.71 bits per heavy atom. The van der Waals surface area contributed by atoms with E-state index in [9.17, 15) is 9.59 Å². The highest BCUT2D eigenvalue weighted by Gasteiger charge is 2.28. The van der Waals surface area contributed by atoms with Crippen molar-refractivity contribution in [2.24, 2.45) is 11.7 Å². The van der Waals surface area contributed by atoms with Gasteiger partial charge in [0.25, 0.3) is 0 Å². The summed E-state index contributed by atoms with van der Waals surface area (Å²) >= 11 is 0. The Morgan fingerprint density at radius 2 is 2.14 bits per heavy atom. The molecule has 114 valence electrons. The Bertz CT molecular complexity index is 525. The first-order chi connectivity index (χ1) is 9.95. The minimum atomic E-state index is -0.664. The van der Waals surface area contributed by atoms with Gasteiger partial charge in [0, 0.05) is 36.0 Å². The van der Waals surface area contributed by atoms with Crippen molar-refractivity contribution in [2.75, 3.05) is 13.2 Å². The Labute approximate surface area is 124 Å². The first-order valence-corrected chi connectivity index (χ1v) is 7.10. The average molecular weight is 291 g/mol. The molecule has 1 saturated heterocycles. The van der Waals surface area contributed by atoms with Gasteiger partial charge < -0.3 is 15.8 Å². The zero-order chi connectivity index (χ0) is 15.4. The second-order valence-corrected chi connectivity index (χ2v) is 5.46. The fourth-order valence-electron chi connectivity index (χ4n) is 2.45. The number of carbonyl (C=O) groups excluding carboxylic acids is 2. The second-order valence-electron chi connectivity index (χ2n) is 5.46. The maximum absolute atomic E-state index is 12.0. The number of ketones is 1. The van der Waals surface area contributed by atoms with Gasteiger partial charge in [-0.3, -0.25) is 14.6 Å². The number of aromatic nitrogens is 1. The monoisotopic (exact) mass is 291 g/mol. The number of aryl methyl sites for hydroxylation is 2. The number of nitrogens with two attached hydrogens (primary N) is 1. The van der Waals surface area contributed by atoms with Crippen LogP contribution in [0, 0.1) is 19.8 Å². The molecule has 0 spiro atoms. The third-order valence-corrected chi connectivity index (χ3v) is 3.55. The minimum Gasteiger partial charge on any atom is -0.486 e. The fourth-order valence-corrected chi connectivity index (χ4v) is 2.45. The van der Waals surface area contributed by atoms with Gasteiger partial charge in [-0.2, -0.15) is 0 Å². The van der Waals surface area contributed by atoms with Crippen molar-refractivity contribution in [2.45, 2.75) is 32.7 Å². The molecule has 1 aromatic heterocycles. The third-order valence-electron chi connectivity index (χ3n) is 3.55. The van der Waals surface area contributed by atoms with Gasteiger partial charge >= 0.3 is 0 Å². The van der Waals surface area contributed by atoms with Crippen LogP contribution in [0.15, 0.2) is 12.1 Å². The Kier molecular flexibility index (Phi) is 4.90. The Balaban J connectivity index is 1.84. The molecule has 0 bridgehead atoms. The summed E-state index contributed by atoms with van der Waals surface area (Å²) in [6, 6.07) is 2.88. The van der Waals surface area contributed by atoms with E-state index in [1.165, 1.54) is 0 Å². The first-order valence-electron chi connectivity index (χ1n) is 7.10. The number of nitrogens with zero attached hydrogens (tertiary/aromatic N) is 1. The second kappa shape index (κ2) is 6.67. The molecule has 2 heterocycles. The van der Waals surface area contributed by atoms with E-state index in [1.54, 1.807) is 12.1 Å². The van der Waals surface area contributed by atoms with Crippen molar-refractivity contribution in [1.29, 1.82) is 0 Å². The molecule has 2 rings (SSSR count). The molecule has 21 heavy (non-hydrogen) atoms. The van der Waals surface area contributed by atoms with E-state index in [2.05, 4.69) is 10.3 Å². The maximum Gasteiger partial charge on any atom is 0.223 e. The van der Waals surface area contributed by atoms with Crippen LogP contribution < -0.4 is 15.8 Å². The quantitative estimate of drug-likeness (QED) is 0.796. The van der Waals surface area contributed by atoms with E-state index in [4.69, 9.17) is 10.5 Å². The van der Waals surface area contributed by atoms with Crippen molar-refractivity contribution < 1.29 is 14.3 Å². The van der Waals surface area contributed by atoms with Gasteiger partial charge in [0.05, 0.1) is 6.04 Å². The number of amides is 1. The van der Waals surface area contributed by atoms with Gasteiger partial charge in [0.1, 0.15) is 12.4 Å². The summed E-state index contributed by atoms with van der Waals surface area (Å²) in [6.07, 6.45) is 1.12. The van der Waals surface area contributed by atoms with Crippen molar-refractivity contribution in [3.63, 3.8) is 0 Å². The lowest BCUT2D eigenvalue weighted by Gasteiger charge is -2.14. The van der Waals surface area contributed by atoms with Crippen molar-refractivity contribution >= 4 is 11.7 Å². The van der Waals surface area contributed by atoms with E-state index in [-0.39, 0.29) is 24.2 Å². The molecule has 1 aliphatic heterocycles. The summed E-state index contributed by atoms with van der Waals surface area (Å²) in [7, 11) is 0. The number of nitrogens with one attached hydrogen (secondary N) is 1. The molecule has 0 unspecified atom stereocenters. The molecule has 6 nitrogen and oxygen atoms in total. The van der Waals surface area contributed by atoms with Crippen LogP contribution in [-0.2, 0) is 9.59 Å². The number of hydrogen-bond donors (Lipinski definition) is 2. The van der Waals surface area contributed by atoms with E-state index in [1.807, 2.05) is 13.8 Å². The normalized spacial score (nSPS) is 19.2. The maximum atomic E-state index is 12.0. The molecule has 2 atom stereocenters. The fraction of sp³-hybridized carbons (Fsp3) is 0.533. The zero-order valence-electron chi connectivity index (χ0n) is 12.4. The van der Waals surface area contributed by atoms with Gasteiger partial charge in [0.2, 0.25) is 5.91 Å². The molecule has 0 saturated carbocycles. The molecule has 0 aliphatic carbocycles. The summed E-state index contributed by atoms with van der Waals surface area (Å²) < 4.78 is 5.47. The minimum absolute atomic E-state index is 0.0143. The number of ether oxygens (including phenoxy) is 1. The SMILES string of the molecule is Cc1cc(OCC(=O)[C@@H](N)C[C@@H]2CCNC2=O)cc(C)n1. The first kappa shape index (κ1) is 15.4. The molecule has 1 aromatic rings. The third kappa shape index (κ3) is 4.26. The Hall–Kier alpha value is -1.95. The van der Waals surface area contributed by atoms with E-state index in [0.29, 0.717) is 18.7 Å². The highest BCUT2D eigenvalue weighted by atomic mass is 16.5. The molecule has 6 heteroatoms. The number of hydrogen-bond acceptors (Lipinski definition) is 5. The predicted molar refractivity (Wildman–Crippen MR) is 77.9 cm³/mol. The van der Waals surface area contributed by atoms with Crippen LogP contribution in [0.4, 0.5) is 0 Å². The number of Topliss-reactive ketones (excluding diaryl/α,β-unsaturated/α-hetero) is 1. The van der Waals surface area contributed by atoms with Crippen LogP contribution in [0.3, 0.4) is 0 Å². The van der Waals surface area contributed by atoms with Gasteiger partial charge in [0.15, 0.2) is 5.78 Å². The van der Waals surface area contributed by atoms with Crippen molar-refractivity contribution in [3.05, 3.63) is 23.5 Å². The van der Waals surface area contributed by atoms with Crippen LogP contribution in [0.2, 0.25) is 0 Å². The van der Waals surface area contributed by atoms with Gasteiger partial charge in [-0.1, -0.05) is 0 Å². The van der Waals surface area contributed by atoms with Gasteiger partial charge in [-0.25, -0.2) is 0 Å². The summed E-state index contributed by atoms with van der Waals surface area (Å²) in [5.74, 6) is 0.245. The summed E-state index contributed by atoms with van der Waals surface area (Å²) in [4.78, 5) is 27.7. The lowest BCUT2D eigenvalue weighted by Crippen LogP contribution is -2.37. The smallest absolute Gasteiger partial charge is 0.223 e. The van der Waals surface area contributed by atoms with Crippen LogP contribution >= 0.6 is 0 Å². The molecule has 0 radical (unpaired) electrons. The molecular formula is C15H21N3O3. The number of carbonyl (C=O) groups is 2. The van der Waals surface area contributed by atoms with Gasteiger partial charge in [-0.05, 0) is 26.7 Å². The highest BCUT2D eigenvalue weighted by Crippen LogP contribution is 2.17. The van der Waals surface area contributed by atoms with Crippen molar-refractivity contribution in [3.8, 4) is 5.75 Å². The van der Waals surface area contributed by atoms with E-state index < -0.39 is 6.04 Å². The molecular weight excluding hydrogens is 270 g/mol. The number of rotatable bonds is 6. The summed E-state index contributed by atoms with van der Waals surface area (Å²) in [6.45, 7) is 4.31. The molecule has 1 aliphatic rings. The standard InChI is InChI=1S/C15H21N3O3/c1-9-5-12(6-10(2)18-9)21-8-14(19)13(16)7-11-3-4-17-15(11)20/h5-6,11,13H,3-4,7-8,16H2,1-2H3,(H,17,20)/t11-,13-/m0/s1. The van der Waals surface area contributed by atoms with E-state index >= 15 is 0 Å². The van der Waals surface area contributed by atoms with Crippen LogP contribution in [0.25, 0.3) is 0 Å². The molecule has 3 N–H and O–H groups in total. The van der Waals surface area contributed by atoms with Gasteiger partial charge in [-0.15, -0.1) is 0 Å². The Morgan fingerprint density at radius 1 is 1.48 bits per heavy atom. The number of pyridine rings is 1. The van der Waals surface area contributed by atoms with Crippen LogP contribution in [0.5, 0.6) is 5.75 Å². The summed E-state index contributed by atoms with van der Waals surface area (Å²) in [5.41, 5.74) is 7.54.